The highest BCUT2D eigenvalue weighted by molar-refractivity contribution is 8.00. The van der Waals surface area contributed by atoms with Gasteiger partial charge in [0, 0.05) is 11.3 Å². The molecule has 0 radical (unpaired) electrons. The Morgan fingerprint density at radius 2 is 1.88 bits per heavy atom. The summed E-state index contributed by atoms with van der Waals surface area (Å²) in [6.45, 7) is 5.71. The summed E-state index contributed by atoms with van der Waals surface area (Å²) in [7, 11) is 1.36. The lowest BCUT2D eigenvalue weighted by molar-refractivity contribution is 0.0600. The van der Waals surface area contributed by atoms with Gasteiger partial charge in [-0.2, -0.15) is 0 Å². The van der Waals surface area contributed by atoms with Crippen LogP contribution in [-0.2, 0) is 10.5 Å². The van der Waals surface area contributed by atoms with Gasteiger partial charge in [-0.3, -0.25) is 5.32 Å². The van der Waals surface area contributed by atoms with Crippen LogP contribution in [0.2, 0.25) is 0 Å². The molecule has 0 bridgehead atoms. The lowest BCUT2D eigenvalue weighted by atomic mass is 10.1. The Morgan fingerprint density at radius 3 is 2.48 bits per heavy atom. The average molecular weight is 380 g/mol. The van der Waals surface area contributed by atoms with E-state index in [2.05, 4.69) is 25.6 Å². The number of hydrogen-bond donors (Lipinski definition) is 2. The third-order valence-corrected chi connectivity index (χ3v) is 4.90. The maximum atomic E-state index is 11.8. The van der Waals surface area contributed by atoms with Crippen molar-refractivity contribution in [2.45, 2.75) is 36.4 Å². The number of hydrogen-bond acceptors (Lipinski definition) is 7. The van der Waals surface area contributed by atoms with Crippen molar-refractivity contribution in [2.24, 2.45) is 0 Å². The van der Waals surface area contributed by atoms with Crippen LogP contribution in [0.25, 0.3) is 0 Å². The Hall–Kier alpha value is -2.13. The number of amides is 2. The molecule has 0 saturated carbocycles. The van der Waals surface area contributed by atoms with Crippen LogP contribution in [0, 0.1) is 0 Å². The van der Waals surface area contributed by atoms with Crippen molar-refractivity contribution in [1.29, 1.82) is 0 Å². The Morgan fingerprint density at radius 1 is 1.20 bits per heavy atom. The molecule has 2 rings (SSSR count). The van der Waals surface area contributed by atoms with E-state index in [1.165, 1.54) is 30.2 Å². The van der Waals surface area contributed by atoms with E-state index in [9.17, 15) is 9.59 Å². The fraction of sp³-hybridized carbons (Fsp3) is 0.375. The Kier molecular flexibility index (Phi) is 6.38. The number of carbonyl (C=O) groups excluding carboxylic acids is 2. The minimum absolute atomic E-state index is 0.307. The Bertz CT molecular complexity index is 739. The van der Waals surface area contributed by atoms with Crippen molar-refractivity contribution in [3.05, 3.63) is 35.4 Å². The van der Waals surface area contributed by atoms with E-state index in [4.69, 9.17) is 0 Å². The van der Waals surface area contributed by atoms with Gasteiger partial charge in [-0.05, 0) is 38.5 Å². The topological polar surface area (TPSA) is 93.2 Å². The molecule has 1 aromatic heterocycles. The van der Waals surface area contributed by atoms with Crippen LogP contribution in [-0.4, -0.2) is 34.8 Å². The van der Waals surface area contributed by atoms with Gasteiger partial charge in [-0.15, -0.1) is 10.2 Å². The van der Waals surface area contributed by atoms with Crippen molar-refractivity contribution in [1.82, 2.24) is 15.5 Å². The van der Waals surface area contributed by atoms with Crippen LogP contribution in [0.4, 0.5) is 9.93 Å². The first-order valence-electron chi connectivity index (χ1n) is 7.49. The summed E-state index contributed by atoms with van der Waals surface area (Å²) in [4.78, 5) is 23.2. The van der Waals surface area contributed by atoms with E-state index in [-0.39, 0.29) is 17.5 Å². The van der Waals surface area contributed by atoms with E-state index < -0.39 is 0 Å². The number of rotatable bonds is 5. The first-order chi connectivity index (χ1) is 11.8. The van der Waals surface area contributed by atoms with Gasteiger partial charge in [0.05, 0.1) is 12.7 Å². The molecule has 7 nitrogen and oxygen atoms in total. The standard InChI is InChI=1S/C16H20N4O3S2/c1-16(2,3)18-13(22)17-14-19-20-15(25-14)24-9-10-5-7-11(8-6-10)12(21)23-4/h5-8H,9H2,1-4H3,(H2,17,18,19,22). The summed E-state index contributed by atoms with van der Waals surface area (Å²) < 4.78 is 5.42. The molecule has 1 aromatic carbocycles. The number of methoxy groups -OCH3 is 1. The third kappa shape index (κ3) is 6.35. The SMILES string of the molecule is COC(=O)c1ccc(CSc2nnc(NC(=O)NC(C)(C)C)s2)cc1. The van der Waals surface area contributed by atoms with Crippen LogP contribution in [0.3, 0.4) is 0 Å². The van der Waals surface area contributed by atoms with Gasteiger partial charge in [0.2, 0.25) is 5.13 Å². The van der Waals surface area contributed by atoms with Crippen LogP contribution in [0.1, 0.15) is 36.7 Å². The van der Waals surface area contributed by atoms with Gasteiger partial charge < -0.3 is 10.1 Å². The predicted octanol–water partition coefficient (Wildman–Crippen LogP) is 3.54. The molecule has 0 aliphatic carbocycles. The molecule has 134 valence electrons. The smallest absolute Gasteiger partial charge is 0.337 e. The maximum Gasteiger partial charge on any atom is 0.337 e. The minimum Gasteiger partial charge on any atom is -0.465 e. The number of urea groups is 1. The molecule has 2 N–H and O–H groups in total. The molecule has 1 heterocycles. The normalized spacial score (nSPS) is 11.0. The van der Waals surface area contributed by atoms with E-state index in [0.29, 0.717) is 16.4 Å². The van der Waals surface area contributed by atoms with Crippen molar-refractivity contribution in [2.75, 3.05) is 12.4 Å². The summed E-state index contributed by atoms with van der Waals surface area (Å²) in [5, 5.41) is 13.9. The van der Waals surface area contributed by atoms with Crippen molar-refractivity contribution >= 4 is 40.2 Å². The summed E-state index contributed by atoms with van der Waals surface area (Å²) >= 11 is 2.82. The predicted molar refractivity (Wildman–Crippen MR) is 99.2 cm³/mol. The highest BCUT2D eigenvalue weighted by Gasteiger charge is 2.15. The van der Waals surface area contributed by atoms with Gasteiger partial charge in [0.15, 0.2) is 4.34 Å². The molecule has 0 atom stereocenters. The van der Waals surface area contributed by atoms with Crippen molar-refractivity contribution in [3.8, 4) is 0 Å². The Balaban J connectivity index is 1.87. The number of nitrogens with zero attached hydrogens (tertiary/aromatic N) is 2. The van der Waals surface area contributed by atoms with E-state index >= 15 is 0 Å². The molecule has 0 aliphatic heterocycles. The highest BCUT2D eigenvalue weighted by atomic mass is 32.2. The van der Waals surface area contributed by atoms with Gasteiger partial charge in [0.25, 0.3) is 0 Å². The second-order valence-corrected chi connectivity index (χ2v) is 8.38. The average Bonchev–Trinajstić information content (AvgIpc) is 2.98. The van der Waals surface area contributed by atoms with Gasteiger partial charge in [-0.25, -0.2) is 9.59 Å². The highest BCUT2D eigenvalue weighted by Crippen LogP contribution is 2.28. The molecule has 0 unspecified atom stereocenters. The summed E-state index contributed by atoms with van der Waals surface area (Å²) in [6.07, 6.45) is 0. The first kappa shape index (κ1) is 19.2. The van der Waals surface area contributed by atoms with Gasteiger partial charge in [0.1, 0.15) is 0 Å². The number of benzene rings is 1. The third-order valence-electron chi connectivity index (χ3n) is 2.85. The number of aromatic nitrogens is 2. The number of anilines is 1. The molecular weight excluding hydrogens is 360 g/mol. The molecule has 9 heteroatoms. The van der Waals surface area contributed by atoms with Gasteiger partial charge in [-0.1, -0.05) is 35.2 Å². The molecule has 0 saturated heterocycles. The molecule has 0 fully saturated rings. The lowest BCUT2D eigenvalue weighted by Crippen LogP contribution is -2.43. The molecule has 0 aliphatic rings. The largest absolute Gasteiger partial charge is 0.465 e. The molecule has 2 aromatic rings. The monoisotopic (exact) mass is 380 g/mol. The second-order valence-electron chi connectivity index (χ2n) is 6.18. The molecule has 0 spiro atoms. The maximum absolute atomic E-state index is 11.8. The van der Waals surface area contributed by atoms with Crippen LogP contribution in [0.5, 0.6) is 0 Å². The zero-order valence-corrected chi connectivity index (χ0v) is 16.1. The first-order valence-corrected chi connectivity index (χ1v) is 9.30. The van der Waals surface area contributed by atoms with E-state index in [1.54, 1.807) is 12.1 Å². The lowest BCUT2D eigenvalue weighted by Gasteiger charge is -2.19. The quantitative estimate of drug-likeness (QED) is 0.468. The summed E-state index contributed by atoms with van der Waals surface area (Å²) in [5.74, 6) is 0.331. The van der Waals surface area contributed by atoms with Crippen molar-refractivity contribution in [3.63, 3.8) is 0 Å². The molecule has 25 heavy (non-hydrogen) atoms. The fourth-order valence-corrected chi connectivity index (χ4v) is 3.49. The van der Waals surface area contributed by atoms with Gasteiger partial charge >= 0.3 is 12.0 Å². The number of ether oxygens (including phenoxy) is 1. The van der Waals surface area contributed by atoms with E-state index in [0.717, 1.165) is 9.90 Å². The molecular formula is C16H20N4O3S2. The van der Waals surface area contributed by atoms with Crippen LogP contribution in [0.15, 0.2) is 28.6 Å². The zero-order valence-electron chi connectivity index (χ0n) is 14.5. The van der Waals surface area contributed by atoms with Crippen LogP contribution >= 0.6 is 23.1 Å². The molecule has 2 amide bonds. The summed E-state index contributed by atoms with van der Waals surface area (Å²) in [5.41, 5.74) is 1.25. The summed E-state index contributed by atoms with van der Waals surface area (Å²) in [6, 6.07) is 6.89. The number of nitrogens with one attached hydrogen (secondary N) is 2. The van der Waals surface area contributed by atoms with Crippen molar-refractivity contribution < 1.29 is 14.3 Å². The second kappa shape index (κ2) is 8.30. The number of esters is 1. The van der Waals surface area contributed by atoms with E-state index in [1.807, 2.05) is 32.9 Å². The fourth-order valence-electron chi connectivity index (χ4n) is 1.79. The number of thioether (sulfide) groups is 1. The number of carbonyl (C=O) groups is 2. The Labute approximate surface area is 154 Å². The zero-order chi connectivity index (χ0) is 18.4. The van der Waals surface area contributed by atoms with Crippen LogP contribution < -0.4 is 10.6 Å². The minimum atomic E-state index is -0.354.